The number of amides is 1. The zero-order valence-corrected chi connectivity index (χ0v) is 21.8. The fraction of sp³-hybridized carbons (Fsp3) is 0.522. The molecule has 2 aromatic rings. The predicted octanol–water partition coefficient (Wildman–Crippen LogP) is 3.49. The average molecular weight is 552 g/mol. The number of guanidine groups is 1. The number of aryl methyl sites for hydroxylation is 2. The summed E-state index contributed by atoms with van der Waals surface area (Å²) in [5.41, 5.74) is 3.87. The number of nitrogens with one attached hydrogen (secondary N) is 1. The molecule has 0 aliphatic carbocycles. The van der Waals surface area contributed by atoms with Gasteiger partial charge < -0.3 is 19.9 Å². The van der Waals surface area contributed by atoms with Crippen molar-refractivity contribution >= 4 is 36.0 Å². The van der Waals surface area contributed by atoms with E-state index < -0.39 is 5.60 Å². The largest absolute Gasteiger partial charge is 0.444 e. The summed E-state index contributed by atoms with van der Waals surface area (Å²) in [6.45, 7) is 13.1. The Morgan fingerprint density at radius 2 is 1.97 bits per heavy atom. The van der Waals surface area contributed by atoms with E-state index in [9.17, 15) is 4.79 Å². The molecule has 1 atom stereocenters. The van der Waals surface area contributed by atoms with Gasteiger partial charge in [0.15, 0.2) is 5.96 Å². The fourth-order valence-electron chi connectivity index (χ4n) is 4.14. The number of aliphatic imine (C=N–C) groups is 1. The first-order chi connectivity index (χ1) is 14.7. The van der Waals surface area contributed by atoms with Crippen molar-refractivity contribution in [2.45, 2.75) is 52.8 Å². The molecule has 9 heteroatoms. The molecule has 0 saturated carbocycles. The third kappa shape index (κ3) is 5.36. The molecule has 1 unspecified atom stereocenters. The number of ether oxygens (including phenoxy) is 1. The maximum Gasteiger partial charge on any atom is 0.410 e. The van der Waals surface area contributed by atoms with Crippen LogP contribution in [0.2, 0.25) is 0 Å². The molecule has 1 N–H and O–H groups in total. The summed E-state index contributed by atoms with van der Waals surface area (Å²) in [4.78, 5) is 21.2. The minimum absolute atomic E-state index is 0. The van der Waals surface area contributed by atoms with Gasteiger partial charge in [0.1, 0.15) is 5.60 Å². The summed E-state index contributed by atoms with van der Waals surface area (Å²) in [6, 6.07) is 10.6. The van der Waals surface area contributed by atoms with Crippen LogP contribution >= 0.6 is 24.0 Å². The highest BCUT2D eigenvalue weighted by atomic mass is 127. The highest BCUT2D eigenvalue weighted by Gasteiger charge is 2.36. The topological polar surface area (TPSA) is 75.0 Å². The number of benzene rings is 1. The number of fused-ring (bicyclic) bond motifs is 1. The molecule has 8 nitrogen and oxygen atoms in total. The lowest BCUT2D eigenvalue weighted by Gasteiger charge is -2.39. The van der Waals surface area contributed by atoms with Crippen LogP contribution in [0.5, 0.6) is 0 Å². The summed E-state index contributed by atoms with van der Waals surface area (Å²) < 4.78 is 7.52. The first kappa shape index (κ1) is 24.3. The molecule has 0 bridgehead atoms. The van der Waals surface area contributed by atoms with Crippen molar-refractivity contribution in [2.75, 3.05) is 26.2 Å². The number of halogens is 1. The molecular formula is C23H33IN6O2. The van der Waals surface area contributed by atoms with Crippen LogP contribution in [0.1, 0.15) is 37.7 Å². The third-order valence-electron chi connectivity index (χ3n) is 5.52. The number of aromatic nitrogens is 2. The fourth-order valence-corrected chi connectivity index (χ4v) is 4.14. The van der Waals surface area contributed by atoms with E-state index >= 15 is 0 Å². The summed E-state index contributed by atoms with van der Waals surface area (Å²) in [6.07, 6.45) is -0.243. The lowest BCUT2D eigenvalue weighted by atomic mass is 10.1. The van der Waals surface area contributed by atoms with Gasteiger partial charge in [-0.25, -0.2) is 9.48 Å². The van der Waals surface area contributed by atoms with Gasteiger partial charge >= 0.3 is 6.09 Å². The first-order valence-electron chi connectivity index (χ1n) is 10.9. The van der Waals surface area contributed by atoms with Gasteiger partial charge in [0.05, 0.1) is 24.0 Å². The Kier molecular flexibility index (Phi) is 7.36. The van der Waals surface area contributed by atoms with E-state index in [1.54, 1.807) is 4.90 Å². The maximum absolute atomic E-state index is 12.4. The molecular weight excluding hydrogens is 519 g/mol. The van der Waals surface area contributed by atoms with Crippen molar-refractivity contribution in [3.05, 3.63) is 47.3 Å². The van der Waals surface area contributed by atoms with Crippen molar-refractivity contribution in [3.8, 4) is 5.69 Å². The third-order valence-corrected chi connectivity index (χ3v) is 5.52. The minimum atomic E-state index is -0.480. The Morgan fingerprint density at radius 1 is 1.22 bits per heavy atom. The lowest BCUT2D eigenvalue weighted by Crippen LogP contribution is -2.57. The zero-order chi connectivity index (χ0) is 22.2. The van der Waals surface area contributed by atoms with Gasteiger partial charge in [0.25, 0.3) is 0 Å². The van der Waals surface area contributed by atoms with E-state index in [0.29, 0.717) is 26.2 Å². The summed E-state index contributed by atoms with van der Waals surface area (Å²) >= 11 is 0. The Hall–Kier alpha value is -2.30. The molecule has 1 saturated heterocycles. The van der Waals surface area contributed by atoms with E-state index in [2.05, 4.69) is 40.4 Å². The van der Waals surface area contributed by atoms with Crippen LogP contribution in [0.4, 0.5) is 4.79 Å². The van der Waals surface area contributed by atoms with E-state index in [1.807, 2.05) is 44.5 Å². The smallest absolute Gasteiger partial charge is 0.410 e. The number of rotatable bonds is 3. The number of carbonyl (C=O) groups excluding carboxylic acids is 1. The number of hydrogen-bond donors (Lipinski definition) is 1. The van der Waals surface area contributed by atoms with Crippen molar-refractivity contribution in [2.24, 2.45) is 4.99 Å². The number of para-hydroxylation sites is 1. The quantitative estimate of drug-likeness (QED) is 0.591. The molecule has 2 aliphatic rings. The number of carbonyl (C=O) groups is 1. The van der Waals surface area contributed by atoms with Crippen LogP contribution in [0, 0.1) is 13.8 Å². The van der Waals surface area contributed by atoms with E-state index in [4.69, 9.17) is 9.73 Å². The molecule has 174 valence electrons. The van der Waals surface area contributed by atoms with Gasteiger partial charge in [-0.2, -0.15) is 5.10 Å². The van der Waals surface area contributed by atoms with E-state index in [-0.39, 0.29) is 36.1 Å². The highest BCUT2D eigenvalue weighted by Crippen LogP contribution is 2.20. The standard InChI is InChI=1S/C23H32N6O2.HI/c1-16-12-17(2)29(26-16)20-9-7-6-8-18(20)13-24-21-25-14-19-15-27(10-11-28(19)21)22(30)31-23(3,4)5;/h6-9,12,19H,10-11,13-15H2,1-5H3,(H,24,25);1H. The predicted molar refractivity (Wildman–Crippen MR) is 136 cm³/mol. The Morgan fingerprint density at radius 3 is 2.66 bits per heavy atom. The van der Waals surface area contributed by atoms with Crippen molar-refractivity contribution < 1.29 is 9.53 Å². The SMILES string of the molecule is Cc1cc(C)n(-c2ccccc2CNC2=NCC3CN(C(=O)OC(C)(C)C)CCN23)n1.I. The van der Waals surface area contributed by atoms with Gasteiger partial charge in [0.2, 0.25) is 0 Å². The molecule has 4 rings (SSSR count). The number of piperazine rings is 1. The molecule has 1 aromatic carbocycles. The summed E-state index contributed by atoms with van der Waals surface area (Å²) in [5, 5.41) is 8.15. The summed E-state index contributed by atoms with van der Waals surface area (Å²) in [7, 11) is 0. The average Bonchev–Trinajstić information content (AvgIpc) is 3.27. The maximum atomic E-state index is 12.4. The summed E-state index contributed by atoms with van der Waals surface area (Å²) in [5.74, 6) is 0.900. The zero-order valence-electron chi connectivity index (χ0n) is 19.5. The number of hydrogen-bond acceptors (Lipinski definition) is 6. The molecule has 32 heavy (non-hydrogen) atoms. The molecule has 0 radical (unpaired) electrons. The number of nitrogens with zero attached hydrogens (tertiary/aromatic N) is 5. The molecule has 1 aromatic heterocycles. The molecule has 0 spiro atoms. The molecule has 3 heterocycles. The van der Waals surface area contributed by atoms with Crippen LogP contribution < -0.4 is 5.32 Å². The van der Waals surface area contributed by atoms with Gasteiger partial charge in [-0.3, -0.25) is 4.99 Å². The molecule has 1 fully saturated rings. The van der Waals surface area contributed by atoms with Crippen molar-refractivity contribution in [1.82, 2.24) is 24.9 Å². The molecule has 1 amide bonds. The normalized spacial score (nSPS) is 18.0. The second kappa shape index (κ2) is 9.68. The van der Waals surface area contributed by atoms with Gasteiger partial charge in [-0.1, -0.05) is 18.2 Å². The Labute approximate surface area is 207 Å². The van der Waals surface area contributed by atoms with E-state index in [1.165, 1.54) is 0 Å². The Balaban J connectivity index is 0.00000289. The highest BCUT2D eigenvalue weighted by molar-refractivity contribution is 14.0. The second-order valence-electron chi connectivity index (χ2n) is 9.26. The monoisotopic (exact) mass is 552 g/mol. The van der Waals surface area contributed by atoms with Crippen LogP contribution in [-0.2, 0) is 11.3 Å². The Bertz CT molecular complexity index is 997. The van der Waals surface area contributed by atoms with Crippen LogP contribution in [-0.4, -0.2) is 69.5 Å². The lowest BCUT2D eigenvalue weighted by molar-refractivity contribution is 0.0137. The molecule has 2 aliphatic heterocycles. The van der Waals surface area contributed by atoms with Crippen LogP contribution in [0.3, 0.4) is 0 Å². The second-order valence-corrected chi connectivity index (χ2v) is 9.26. The van der Waals surface area contributed by atoms with Crippen molar-refractivity contribution in [3.63, 3.8) is 0 Å². The van der Waals surface area contributed by atoms with Crippen LogP contribution in [0.25, 0.3) is 5.69 Å². The van der Waals surface area contributed by atoms with Gasteiger partial charge in [-0.05, 0) is 52.3 Å². The van der Waals surface area contributed by atoms with Crippen LogP contribution in [0.15, 0.2) is 35.3 Å². The van der Waals surface area contributed by atoms with Gasteiger partial charge in [0, 0.05) is 31.9 Å². The first-order valence-corrected chi connectivity index (χ1v) is 10.9. The van der Waals surface area contributed by atoms with E-state index in [0.717, 1.165) is 35.1 Å². The minimum Gasteiger partial charge on any atom is -0.444 e. The van der Waals surface area contributed by atoms with Crippen molar-refractivity contribution in [1.29, 1.82) is 0 Å². The van der Waals surface area contributed by atoms with Gasteiger partial charge in [-0.15, -0.1) is 24.0 Å².